The number of benzene rings is 1. The van der Waals surface area contributed by atoms with Crippen molar-refractivity contribution in [2.75, 3.05) is 0 Å². The van der Waals surface area contributed by atoms with E-state index in [0.717, 1.165) is 12.8 Å². The second-order valence-corrected chi connectivity index (χ2v) is 5.95. The van der Waals surface area contributed by atoms with Gasteiger partial charge in [-0.2, -0.15) is 0 Å². The van der Waals surface area contributed by atoms with E-state index in [1.165, 1.54) is 12.8 Å². The van der Waals surface area contributed by atoms with Crippen LogP contribution in [-0.4, -0.2) is 33.2 Å². The Kier molecular flexibility index (Phi) is 3.15. The average Bonchev–Trinajstić information content (AvgIpc) is 2.61. The van der Waals surface area contributed by atoms with E-state index in [0.29, 0.717) is 23.7 Å². The van der Waals surface area contributed by atoms with Crippen molar-refractivity contribution in [1.82, 2.24) is 4.90 Å². The maximum absolute atomic E-state index is 10.0. The highest BCUT2D eigenvalue weighted by Gasteiger charge is 2.42. The Morgan fingerprint density at radius 3 is 2.21 bits per heavy atom. The lowest BCUT2D eigenvalue weighted by Crippen LogP contribution is -2.48. The molecule has 2 saturated heterocycles. The monoisotopic (exact) mass is 262 g/mol. The molecule has 0 aromatic heterocycles. The van der Waals surface area contributed by atoms with Crippen molar-refractivity contribution in [3.63, 3.8) is 0 Å². The normalized spacial score (nSPS) is 32.4. The highest BCUT2D eigenvalue weighted by atomic mass is 16.3. The molecule has 3 rings (SSSR count). The van der Waals surface area contributed by atoms with Crippen LogP contribution in [0.25, 0.3) is 0 Å². The molecule has 4 N–H and O–H groups in total. The van der Waals surface area contributed by atoms with Crippen LogP contribution in [0.2, 0.25) is 0 Å². The lowest BCUT2D eigenvalue weighted by atomic mass is 9.93. The molecule has 0 radical (unpaired) electrons. The van der Waals surface area contributed by atoms with Crippen LogP contribution in [0, 0.1) is 0 Å². The molecule has 0 spiro atoms. The van der Waals surface area contributed by atoms with Gasteiger partial charge in [-0.05, 0) is 44.7 Å². The third-order valence-electron chi connectivity index (χ3n) is 4.75. The first-order valence-electron chi connectivity index (χ1n) is 7.11. The second kappa shape index (κ2) is 4.69. The lowest BCUT2D eigenvalue weighted by molar-refractivity contribution is 0.0830. The molecule has 1 aromatic rings. The van der Waals surface area contributed by atoms with Gasteiger partial charge in [-0.3, -0.25) is 4.90 Å². The van der Waals surface area contributed by atoms with Crippen molar-refractivity contribution in [2.45, 2.75) is 56.8 Å². The highest BCUT2D eigenvalue weighted by molar-refractivity contribution is 5.45. The third kappa shape index (κ3) is 2.09. The smallest absolute Gasteiger partial charge is 0.124 e. The van der Waals surface area contributed by atoms with E-state index in [1.54, 1.807) is 18.2 Å². The van der Waals surface area contributed by atoms with Gasteiger partial charge in [-0.25, -0.2) is 0 Å². The van der Waals surface area contributed by atoms with Gasteiger partial charge in [0.1, 0.15) is 11.5 Å². The summed E-state index contributed by atoms with van der Waals surface area (Å²) in [4.78, 5) is 2.44. The average molecular weight is 262 g/mol. The van der Waals surface area contributed by atoms with Crippen LogP contribution in [-0.2, 0) is 0 Å². The summed E-state index contributed by atoms with van der Waals surface area (Å²) in [7, 11) is 0. The predicted octanol–water partition coefficient (Wildman–Crippen LogP) is 2.11. The van der Waals surface area contributed by atoms with Crippen LogP contribution in [0.3, 0.4) is 0 Å². The third-order valence-corrected chi connectivity index (χ3v) is 4.75. The maximum Gasteiger partial charge on any atom is 0.124 e. The first-order valence-corrected chi connectivity index (χ1v) is 7.11. The summed E-state index contributed by atoms with van der Waals surface area (Å²) >= 11 is 0. The standard InChI is InChI=1S/C15H22N2O2/c1-9(15-13(18)3-2-4-14(15)19)17-11-5-6-12(17)8-10(16)7-11/h2-4,9-12,18-19H,5-8,16H2,1H3. The van der Waals surface area contributed by atoms with Gasteiger partial charge in [-0.1, -0.05) is 6.07 Å². The lowest BCUT2D eigenvalue weighted by Gasteiger charge is -2.41. The van der Waals surface area contributed by atoms with E-state index >= 15 is 0 Å². The number of fused-ring (bicyclic) bond motifs is 2. The van der Waals surface area contributed by atoms with Crippen molar-refractivity contribution < 1.29 is 10.2 Å². The molecule has 4 nitrogen and oxygen atoms in total. The number of phenolic OH excluding ortho intramolecular Hbond substituents is 2. The number of rotatable bonds is 2. The molecule has 1 aromatic carbocycles. The quantitative estimate of drug-likeness (QED) is 0.763. The minimum Gasteiger partial charge on any atom is -0.507 e. The van der Waals surface area contributed by atoms with E-state index < -0.39 is 0 Å². The Hall–Kier alpha value is -1.26. The zero-order chi connectivity index (χ0) is 13.6. The molecule has 0 aliphatic carbocycles. The summed E-state index contributed by atoms with van der Waals surface area (Å²) in [5.41, 5.74) is 6.74. The molecule has 19 heavy (non-hydrogen) atoms. The van der Waals surface area contributed by atoms with Crippen LogP contribution in [0.5, 0.6) is 11.5 Å². The van der Waals surface area contributed by atoms with Gasteiger partial charge in [-0.15, -0.1) is 0 Å². The minimum atomic E-state index is 0.0335. The number of phenols is 2. The van der Waals surface area contributed by atoms with Gasteiger partial charge >= 0.3 is 0 Å². The Bertz CT molecular complexity index is 443. The summed E-state index contributed by atoms with van der Waals surface area (Å²) in [5.74, 6) is 0.364. The zero-order valence-electron chi connectivity index (χ0n) is 11.3. The summed E-state index contributed by atoms with van der Waals surface area (Å²) < 4.78 is 0. The van der Waals surface area contributed by atoms with E-state index in [9.17, 15) is 10.2 Å². The van der Waals surface area contributed by atoms with Crippen molar-refractivity contribution in [3.8, 4) is 11.5 Å². The number of nitrogens with zero attached hydrogens (tertiary/aromatic N) is 1. The molecule has 0 saturated carbocycles. The Morgan fingerprint density at radius 2 is 1.68 bits per heavy atom. The molecular weight excluding hydrogens is 240 g/mol. The number of hydrogen-bond donors (Lipinski definition) is 3. The number of aromatic hydroxyl groups is 2. The molecule has 2 fully saturated rings. The second-order valence-electron chi connectivity index (χ2n) is 5.95. The van der Waals surface area contributed by atoms with Gasteiger partial charge in [0.25, 0.3) is 0 Å². The van der Waals surface area contributed by atoms with E-state index in [4.69, 9.17) is 5.73 Å². The molecule has 0 amide bonds. The topological polar surface area (TPSA) is 69.7 Å². The summed E-state index contributed by atoms with van der Waals surface area (Å²) in [6, 6.07) is 6.27. The fourth-order valence-corrected chi connectivity index (χ4v) is 4.01. The molecule has 2 bridgehead atoms. The minimum absolute atomic E-state index is 0.0335. The van der Waals surface area contributed by atoms with E-state index in [2.05, 4.69) is 11.8 Å². The highest BCUT2D eigenvalue weighted by Crippen LogP contribution is 2.44. The van der Waals surface area contributed by atoms with Crippen molar-refractivity contribution in [1.29, 1.82) is 0 Å². The number of hydrogen-bond acceptors (Lipinski definition) is 4. The molecule has 3 atom stereocenters. The number of piperidine rings is 1. The van der Waals surface area contributed by atoms with Gasteiger partial charge in [0.2, 0.25) is 0 Å². The van der Waals surface area contributed by atoms with Crippen LogP contribution in [0.1, 0.15) is 44.2 Å². The molecule has 4 heteroatoms. The van der Waals surface area contributed by atoms with Gasteiger partial charge in [0.15, 0.2) is 0 Å². The van der Waals surface area contributed by atoms with Crippen LogP contribution >= 0.6 is 0 Å². The largest absolute Gasteiger partial charge is 0.507 e. The fraction of sp³-hybridized carbons (Fsp3) is 0.600. The molecule has 104 valence electrons. The van der Waals surface area contributed by atoms with Crippen molar-refractivity contribution in [2.24, 2.45) is 5.73 Å². The van der Waals surface area contributed by atoms with Gasteiger partial charge in [0, 0.05) is 24.2 Å². The SMILES string of the molecule is CC(c1c(O)cccc1O)N1C2CCC1CC(N)C2. The number of nitrogens with two attached hydrogens (primary N) is 1. The van der Waals surface area contributed by atoms with E-state index in [-0.39, 0.29) is 17.5 Å². The van der Waals surface area contributed by atoms with Crippen molar-refractivity contribution >= 4 is 0 Å². The maximum atomic E-state index is 10.0. The van der Waals surface area contributed by atoms with E-state index in [1.807, 2.05) is 0 Å². The molecule has 3 unspecified atom stereocenters. The van der Waals surface area contributed by atoms with Gasteiger partial charge in [0.05, 0.1) is 5.56 Å². The Morgan fingerprint density at radius 1 is 1.16 bits per heavy atom. The Balaban J connectivity index is 1.91. The molecule has 2 heterocycles. The molecule has 2 aliphatic heterocycles. The summed E-state index contributed by atoms with van der Waals surface area (Å²) in [5, 5.41) is 20.1. The first kappa shape index (κ1) is 12.8. The van der Waals surface area contributed by atoms with Crippen LogP contribution in [0.15, 0.2) is 18.2 Å². The zero-order valence-corrected chi connectivity index (χ0v) is 11.3. The predicted molar refractivity (Wildman–Crippen MR) is 74.0 cm³/mol. The van der Waals surface area contributed by atoms with Crippen molar-refractivity contribution in [3.05, 3.63) is 23.8 Å². The first-order chi connectivity index (χ1) is 9.08. The van der Waals surface area contributed by atoms with Crippen LogP contribution in [0.4, 0.5) is 0 Å². The van der Waals surface area contributed by atoms with Crippen LogP contribution < -0.4 is 5.73 Å². The fourth-order valence-electron chi connectivity index (χ4n) is 4.01. The summed E-state index contributed by atoms with van der Waals surface area (Å²) in [6.45, 7) is 2.07. The van der Waals surface area contributed by atoms with Gasteiger partial charge < -0.3 is 15.9 Å². The molecule has 2 aliphatic rings. The summed E-state index contributed by atoms with van der Waals surface area (Å²) in [6.07, 6.45) is 4.40. The molecular formula is C15H22N2O2. The Labute approximate surface area is 113 Å².